The van der Waals surface area contributed by atoms with Crippen molar-refractivity contribution < 1.29 is 18.3 Å². The minimum atomic E-state index is -0.508. The number of benzene rings is 2. The maximum Gasteiger partial charge on any atom is 0.289 e. The molecule has 0 N–H and O–H groups in total. The number of para-hydroxylation sites is 1. The molecule has 2 aromatic carbocycles. The standard InChI is InChI=1S/C24H20FN3O3/c1-27-22-17-4-2-3-5-20(17)31-24(18(22)14-26-27)8-10-28(11-9-24)23(29)21-13-15-12-16(25)6-7-19(15)30-21/h2-7,12-14H,8-11H2,1H3. The molecule has 2 aliphatic heterocycles. The molecule has 0 aliphatic carbocycles. The second-order valence-corrected chi connectivity index (χ2v) is 8.21. The average Bonchev–Trinajstić information content (AvgIpc) is 3.38. The van der Waals surface area contributed by atoms with Crippen LogP contribution >= 0.6 is 0 Å². The molecule has 0 atom stereocenters. The highest BCUT2D eigenvalue weighted by Crippen LogP contribution is 2.49. The highest BCUT2D eigenvalue weighted by atomic mass is 19.1. The second-order valence-electron chi connectivity index (χ2n) is 8.21. The highest BCUT2D eigenvalue weighted by molar-refractivity contribution is 5.96. The van der Waals surface area contributed by atoms with Gasteiger partial charge in [-0.2, -0.15) is 5.10 Å². The number of halogens is 1. The van der Waals surface area contributed by atoms with Crippen LogP contribution in [0.25, 0.3) is 22.2 Å². The molecular formula is C24H20FN3O3. The maximum absolute atomic E-state index is 13.5. The maximum atomic E-state index is 13.5. The number of amides is 1. The zero-order chi connectivity index (χ0) is 21.2. The number of aromatic nitrogens is 2. The monoisotopic (exact) mass is 417 g/mol. The van der Waals surface area contributed by atoms with Crippen LogP contribution in [0.5, 0.6) is 5.75 Å². The summed E-state index contributed by atoms with van der Waals surface area (Å²) in [4.78, 5) is 14.8. The van der Waals surface area contributed by atoms with E-state index in [0.29, 0.717) is 36.9 Å². The summed E-state index contributed by atoms with van der Waals surface area (Å²) in [7, 11) is 1.94. The number of rotatable bonds is 1. The van der Waals surface area contributed by atoms with E-state index in [1.807, 2.05) is 42.2 Å². The van der Waals surface area contributed by atoms with Crippen molar-refractivity contribution in [2.45, 2.75) is 18.4 Å². The SMILES string of the molecule is Cn1ncc2c1-c1ccccc1OC21CCN(C(=O)c2cc3cc(F)ccc3o2)CC1. The van der Waals surface area contributed by atoms with Crippen LogP contribution in [-0.4, -0.2) is 33.7 Å². The van der Waals surface area contributed by atoms with Crippen LogP contribution in [0.4, 0.5) is 4.39 Å². The molecule has 1 spiro atoms. The number of nitrogens with zero attached hydrogens (tertiary/aromatic N) is 3. The molecule has 4 heterocycles. The van der Waals surface area contributed by atoms with Gasteiger partial charge in [0.25, 0.3) is 5.91 Å². The zero-order valence-corrected chi connectivity index (χ0v) is 17.0. The van der Waals surface area contributed by atoms with Gasteiger partial charge in [-0.15, -0.1) is 0 Å². The zero-order valence-electron chi connectivity index (χ0n) is 17.0. The minimum Gasteiger partial charge on any atom is -0.482 e. The molecule has 0 saturated carbocycles. The Bertz CT molecular complexity index is 1330. The number of hydrogen-bond donors (Lipinski definition) is 0. The average molecular weight is 417 g/mol. The Kier molecular flexibility index (Phi) is 3.78. The molecule has 156 valence electrons. The summed E-state index contributed by atoms with van der Waals surface area (Å²) in [6.07, 6.45) is 3.19. The Morgan fingerprint density at radius 1 is 1.13 bits per heavy atom. The molecular weight excluding hydrogens is 397 g/mol. The van der Waals surface area contributed by atoms with E-state index in [9.17, 15) is 9.18 Å². The van der Waals surface area contributed by atoms with Crippen LogP contribution < -0.4 is 4.74 Å². The Balaban J connectivity index is 1.28. The Hall–Kier alpha value is -3.61. The van der Waals surface area contributed by atoms with E-state index in [0.717, 1.165) is 22.6 Å². The molecule has 0 radical (unpaired) electrons. The van der Waals surface area contributed by atoms with Gasteiger partial charge in [0.2, 0.25) is 0 Å². The summed E-state index contributed by atoms with van der Waals surface area (Å²) >= 11 is 0. The van der Waals surface area contributed by atoms with Crippen LogP contribution in [0.2, 0.25) is 0 Å². The molecule has 1 fully saturated rings. The van der Waals surface area contributed by atoms with Crippen LogP contribution in [0, 0.1) is 5.82 Å². The summed E-state index contributed by atoms with van der Waals surface area (Å²) in [5.74, 6) is 0.537. The van der Waals surface area contributed by atoms with Gasteiger partial charge in [0.1, 0.15) is 22.8 Å². The van der Waals surface area contributed by atoms with Gasteiger partial charge in [-0.1, -0.05) is 12.1 Å². The van der Waals surface area contributed by atoms with Gasteiger partial charge in [-0.25, -0.2) is 4.39 Å². The van der Waals surface area contributed by atoms with Crippen molar-refractivity contribution >= 4 is 16.9 Å². The van der Waals surface area contributed by atoms with Crippen molar-refractivity contribution in [3.8, 4) is 17.0 Å². The van der Waals surface area contributed by atoms with Crippen molar-refractivity contribution in [1.29, 1.82) is 0 Å². The van der Waals surface area contributed by atoms with E-state index < -0.39 is 5.60 Å². The second kappa shape index (κ2) is 6.44. The Morgan fingerprint density at radius 2 is 1.94 bits per heavy atom. The molecule has 0 unspecified atom stereocenters. The number of aryl methyl sites for hydroxylation is 1. The molecule has 7 heteroatoms. The lowest BCUT2D eigenvalue weighted by Crippen LogP contribution is -2.49. The van der Waals surface area contributed by atoms with Crippen LogP contribution in [0.15, 0.2) is 59.1 Å². The minimum absolute atomic E-state index is 0.186. The van der Waals surface area contributed by atoms with Gasteiger partial charge in [0.05, 0.1) is 11.9 Å². The Morgan fingerprint density at radius 3 is 2.77 bits per heavy atom. The lowest BCUT2D eigenvalue weighted by atomic mass is 9.81. The quantitative estimate of drug-likeness (QED) is 0.458. The number of carbonyl (C=O) groups excluding carboxylic acids is 1. The highest BCUT2D eigenvalue weighted by Gasteiger charge is 2.46. The largest absolute Gasteiger partial charge is 0.482 e. The van der Waals surface area contributed by atoms with Gasteiger partial charge < -0.3 is 14.1 Å². The topological polar surface area (TPSA) is 60.5 Å². The van der Waals surface area contributed by atoms with Crippen molar-refractivity contribution in [2.75, 3.05) is 13.1 Å². The van der Waals surface area contributed by atoms with E-state index in [2.05, 4.69) is 5.10 Å². The van der Waals surface area contributed by atoms with Gasteiger partial charge in [0.15, 0.2) is 5.76 Å². The number of likely N-dealkylation sites (tertiary alicyclic amines) is 1. The van der Waals surface area contributed by atoms with Crippen molar-refractivity contribution in [3.05, 3.63) is 71.9 Å². The normalized spacial score (nSPS) is 16.8. The molecule has 6 rings (SSSR count). The lowest BCUT2D eigenvalue weighted by Gasteiger charge is -2.44. The van der Waals surface area contributed by atoms with E-state index in [-0.39, 0.29) is 17.5 Å². The predicted molar refractivity (Wildman–Crippen MR) is 112 cm³/mol. The molecule has 1 saturated heterocycles. The number of carbonyl (C=O) groups is 1. The Labute approximate surface area is 177 Å². The van der Waals surface area contributed by atoms with Gasteiger partial charge in [-0.05, 0) is 36.4 Å². The summed E-state index contributed by atoms with van der Waals surface area (Å²) in [5, 5.41) is 5.08. The molecule has 4 aromatic rings. The summed E-state index contributed by atoms with van der Waals surface area (Å²) in [5.41, 5.74) is 3.17. The number of piperidine rings is 1. The number of hydrogen-bond acceptors (Lipinski definition) is 4. The third-order valence-corrected chi connectivity index (χ3v) is 6.42. The van der Waals surface area contributed by atoms with Crippen molar-refractivity contribution in [3.63, 3.8) is 0 Å². The summed E-state index contributed by atoms with van der Waals surface area (Å²) in [6.45, 7) is 1.06. The fraction of sp³-hybridized carbons (Fsp3) is 0.250. The molecule has 0 bridgehead atoms. The van der Waals surface area contributed by atoms with E-state index in [4.69, 9.17) is 9.15 Å². The van der Waals surface area contributed by atoms with Crippen LogP contribution in [0.1, 0.15) is 29.0 Å². The first-order valence-electron chi connectivity index (χ1n) is 10.3. The van der Waals surface area contributed by atoms with Crippen LogP contribution in [0.3, 0.4) is 0 Å². The molecule has 2 aromatic heterocycles. The van der Waals surface area contributed by atoms with Gasteiger partial charge in [0, 0.05) is 49.5 Å². The van der Waals surface area contributed by atoms with Crippen LogP contribution in [-0.2, 0) is 12.6 Å². The molecule has 1 amide bonds. The smallest absolute Gasteiger partial charge is 0.289 e. The fourth-order valence-corrected chi connectivity index (χ4v) is 4.82. The van der Waals surface area contributed by atoms with Crippen molar-refractivity contribution in [1.82, 2.24) is 14.7 Å². The third kappa shape index (κ3) is 2.69. The fourth-order valence-electron chi connectivity index (χ4n) is 4.82. The first-order valence-corrected chi connectivity index (χ1v) is 10.3. The molecule has 2 aliphatic rings. The van der Waals surface area contributed by atoms with E-state index in [1.165, 1.54) is 12.1 Å². The first kappa shape index (κ1) is 18.2. The third-order valence-electron chi connectivity index (χ3n) is 6.42. The summed E-state index contributed by atoms with van der Waals surface area (Å²) in [6, 6.07) is 13.9. The van der Waals surface area contributed by atoms with Gasteiger partial charge >= 0.3 is 0 Å². The molecule has 31 heavy (non-hydrogen) atoms. The first-order chi connectivity index (χ1) is 15.0. The molecule has 6 nitrogen and oxygen atoms in total. The van der Waals surface area contributed by atoms with E-state index >= 15 is 0 Å². The predicted octanol–water partition coefficient (Wildman–Crippen LogP) is 4.50. The van der Waals surface area contributed by atoms with Crippen molar-refractivity contribution in [2.24, 2.45) is 7.05 Å². The lowest BCUT2D eigenvalue weighted by molar-refractivity contribution is -0.00254. The van der Waals surface area contributed by atoms with Gasteiger partial charge in [-0.3, -0.25) is 9.48 Å². The number of fused-ring (bicyclic) bond motifs is 5. The number of furan rings is 1. The summed E-state index contributed by atoms with van der Waals surface area (Å²) < 4.78 is 27.6. The number of ether oxygens (including phenoxy) is 1. The van der Waals surface area contributed by atoms with E-state index in [1.54, 1.807) is 17.0 Å².